The summed E-state index contributed by atoms with van der Waals surface area (Å²) in [6.45, 7) is 1.03. The molecule has 1 heterocycles. The van der Waals surface area contributed by atoms with E-state index in [1.165, 1.54) is 18.5 Å². The van der Waals surface area contributed by atoms with Crippen molar-refractivity contribution < 1.29 is 0 Å². The Morgan fingerprint density at radius 1 is 1.60 bits per heavy atom. The predicted molar refractivity (Wildman–Crippen MR) is 40.8 cm³/mol. The minimum absolute atomic E-state index is 0.718. The Balaban J connectivity index is 2.25. The van der Waals surface area contributed by atoms with Gasteiger partial charge in [0.2, 0.25) is 0 Å². The summed E-state index contributed by atoms with van der Waals surface area (Å²) in [5.74, 6) is 6.44. The molecule has 1 atom stereocenters. The van der Waals surface area contributed by atoms with E-state index in [4.69, 9.17) is 5.84 Å². The molecule has 1 saturated heterocycles. The van der Waals surface area contributed by atoms with Gasteiger partial charge in [-0.2, -0.15) is 0 Å². The van der Waals surface area contributed by atoms with Crippen LogP contribution in [0.2, 0.25) is 0 Å². The molecule has 0 aromatic rings. The van der Waals surface area contributed by atoms with Gasteiger partial charge in [-0.1, -0.05) is 12.2 Å². The molecule has 2 nitrogen and oxygen atoms in total. The van der Waals surface area contributed by atoms with Crippen molar-refractivity contribution in [2.75, 3.05) is 6.54 Å². The summed E-state index contributed by atoms with van der Waals surface area (Å²) in [6, 6.07) is 0. The highest BCUT2D eigenvalue weighted by Crippen LogP contribution is 2.30. The Hall–Kier alpha value is -0.760. The molecule has 2 aliphatic rings. The van der Waals surface area contributed by atoms with Gasteiger partial charge in [-0.15, -0.1) is 0 Å². The average Bonchev–Trinajstić information content (AvgIpc) is 2.34. The van der Waals surface area contributed by atoms with Crippen LogP contribution in [0.25, 0.3) is 0 Å². The van der Waals surface area contributed by atoms with Gasteiger partial charge in [0, 0.05) is 18.2 Å². The first kappa shape index (κ1) is 5.98. The maximum absolute atomic E-state index is 5.72. The van der Waals surface area contributed by atoms with Gasteiger partial charge in [-0.25, -0.2) is 5.84 Å². The Bertz CT molecular complexity index is 193. The Morgan fingerprint density at radius 2 is 2.50 bits per heavy atom. The second-order valence-electron chi connectivity index (χ2n) is 2.93. The fourth-order valence-corrected chi connectivity index (χ4v) is 1.69. The van der Waals surface area contributed by atoms with Gasteiger partial charge in [0.25, 0.3) is 0 Å². The monoisotopic (exact) mass is 136 g/mol. The zero-order chi connectivity index (χ0) is 6.97. The van der Waals surface area contributed by atoms with Gasteiger partial charge in [0.05, 0.1) is 0 Å². The van der Waals surface area contributed by atoms with Crippen molar-refractivity contribution in [3.8, 4) is 0 Å². The second-order valence-corrected chi connectivity index (χ2v) is 2.93. The molecule has 0 aromatic carbocycles. The van der Waals surface area contributed by atoms with Crippen molar-refractivity contribution in [3.63, 3.8) is 0 Å². The van der Waals surface area contributed by atoms with E-state index in [1.54, 1.807) is 0 Å². The third kappa shape index (κ3) is 0.762. The topological polar surface area (TPSA) is 29.3 Å². The molecule has 1 unspecified atom stereocenters. The lowest BCUT2D eigenvalue weighted by Crippen LogP contribution is -2.26. The fraction of sp³-hybridized carbons (Fsp3) is 0.500. The standard InChI is InChI=1S/C8H12N2/c9-10-6-5-7-3-1-2-4-8(7)10/h1-2,4,7H,3,5-6,9H2. The van der Waals surface area contributed by atoms with Gasteiger partial charge < -0.3 is 5.01 Å². The summed E-state index contributed by atoms with van der Waals surface area (Å²) >= 11 is 0. The summed E-state index contributed by atoms with van der Waals surface area (Å²) in [4.78, 5) is 0. The highest BCUT2D eigenvalue weighted by atomic mass is 15.4. The zero-order valence-electron chi connectivity index (χ0n) is 5.96. The number of allylic oxidation sites excluding steroid dienone is 4. The molecule has 0 aromatic heterocycles. The number of fused-ring (bicyclic) bond motifs is 1. The maximum atomic E-state index is 5.72. The number of hydrazine groups is 1. The van der Waals surface area contributed by atoms with Crippen LogP contribution in [0.5, 0.6) is 0 Å². The molecule has 10 heavy (non-hydrogen) atoms. The summed E-state index contributed by atoms with van der Waals surface area (Å²) in [6.07, 6.45) is 8.84. The lowest BCUT2D eigenvalue weighted by Gasteiger charge is -2.17. The molecule has 1 aliphatic carbocycles. The average molecular weight is 136 g/mol. The van der Waals surface area contributed by atoms with E-state index in [9.17, 15) is 0 Å². The van der Waals surface area contributed by atoms with Crippen LogP contribution in [-0.2, 0) is 0 Å². The van der Waals surface area contributed by atoms with Crippen molar-refractivity contribution in [1.29, 1.82) is 0 Å². The Kier molecular flexibility index (Phi) is 1.27. The number of rotatable bonds is 0. The van der Waals surface area contributed by atoms with E-state index in [-0.39, 0.29) is 0 Å². The molecule has 0 amide bonds. The summed E-state index contributed by atoms with van der Waals surface area (Å²) in [5.41, 5.74) is 1.32. The number of hydrogen-bond acceptors (Lipinski definition) is 2. The molecule has 0 bridgehead atoms. The molecule has 0 radical (unpaired) electrons. The minimum atomic E-state index is 0.718. The van der Waals surface area contributed by atoms with Crippen LogP contribution in [0.4, 0.5) is 0 Å². The van der Waals surface area contributed by atoms with Crippen LogP contribution in [-0.4, -0.2) is 11.6 Å². The molecular weight excluding hydrogens is 124 g/mol. The highest BCUT2D eigenvalue weighted by molar-refractivity contribution is 5.22. The quantitative estimate of drug-likeness (QED) is 0.504. The van der Waals surface area contributed by atoms with E-state index >= 15 is 0 Å². The minimum Gasteiger partial charge on any atom is -0.315 e. The van der Waals surface area contributed by atoms with E-state index in [2.05, 4.69) is 18.2 Å². The van der Waals surface area contributed by atoms with Crippen LogP contribution in [0.3, 0.4) is 0 Å². The smallest absolute Gasteiger partial charge is 0.0345 e. The molecule has 2 heteroatoms. The molecule has 2 rings (SSSR count). The van der Waals surface area contributed by atoms with Crippen molar-refractivity contribution in [3.05, 3.63) is 23.9 Å². The van der Waals surface area contributed by atoms with E-state index in [1.807, 2.05) is 5.01 Å². The van der Waals surface area contributed by atoms with Crippen molar-refractivity contribution in [2.24, 2.45) is 11.8 Å². The predicted octanol–water partition coefficient (Wildman–Crippen LogP) is 1.03. The Morgan fingerprint density at radius 3 is 3.30 bits per heavy atom. The second kappa shape index (κ2) is 2.13. The lowest BCUT2D eigenvalue weighted by atomic mass is 9.97. The summed E-state index contributed by atoms with van der Waals surface area (Å²) < 4.78 is 0. The molecule has 0 saturated carbocycles. The SMILES string of the molecule is NN1CCC2CC=CC=C21. The summed E-state index contributed by atoms with van der Waals surface area (Å²) in [7, 11) is 0. The van der Waals surface area contributed by atoms with Gasteiger partial charge in [0.1, 0.15) is 0 Å². The van der Waals surface area contributed by atoms with Gasteiger partial charge in [-0.05, 0) is 18.9 Å². The first-order valence-corrected chi connectivity index (χ1v) is 3.77. The molecule has 1 fully saturated rings. The van der Waals surface area contributed by atoms with E-state index in [0.717, 1.165) is 12.5 Å². The van der Waals surface area contributed by atoms with Gasteiger partial charge >= 0.3 is 0 Å². The summed E-state index contributed by atoms with van der Waals surface area (Å²) in [5, 5.41) is 1.87. The normalized spacial score (nSPS) is 30.3. The largest absolute Gasteiger partial charge is 0.315 e. The molecule has 54 valence electrons. The van der Waals surface area contributed by atoms with Crippen LogP contribution < -0.4 is 5.84 Å². The zero-order valence-corrected chi connectivity index (χ0v) is 5.96. The first-order valence-electron chi connectivity index (χ1n) is 3.77. The van der Waals surface area contributed by atoms with E-state index in [0.29, 0.717) is 0 Å². The molecule has 2 N–H and O–H groups in total. The van der Waals surface area contributed by atoms with Crippen LogP contribution in [0.15, 0.2) is 23.9 Å². The van der Waals surface area contributed by atoms with Crippen molar-refractivity contribution in [1.82, 2.24) is 5.01 Å². The fourth-order valence-electron chi connectivity index (χ4n) is 1.69. The Labute approximate surface area is 61.0 Å². The number of nitrogens with zero attached hydrogens (tertiary/aromatic N) is 1. The van der Waals surface area contributed by atoms with Crippen LogP contribution in [0.1, 0.15) is 12.8 Å². The lowest BCUT2D eigenvalue weighted by molar-refractivity contribution is 0.408. The third-order valence-corrected chi connectivity index (χ3v) is 2.29. The molecule has 1 aliphatic heterocycles. The molecule has 0 spiro atoms. The first-order chi connectivity index (χ1) is 4.88. The number of nitrogens with two attached hydrogens (primary N) is 1. The van der Waals surface area contributed by atoms with Crippen molar-refractivity contribution >= 4 is 0 Å². The van der Waals surface area contributed by atoms with Gasteiger partial charge in [0.15, 0.2) is 0 Å². The van der Waals surface area contributed by atoms with Crippen LogP contribution in [0, 0.1) is 5.92 Å². The van der Waals surface area contributed by atoms with E-state index < -0.39 is 0 Å². The third-order valence-electron chi connectivity index (χ3n) is 2.29. The highest BCUT2D eigenvalue weighted by Gasteiger charge is 2.25. The van der Waals surface area contributed by atoms with Crippen molar-refractivity contribution in [2.45, 2.75) is 12.8 Å². The van der Waals surface area contributed by atoms with Gasteiger partial charge in [-0.3, -0.25) is 0 Å². The van der Waals surface area contributed by atoms with Crippen LogP contribution >= 0.6 is 0 Å². The molecular formula is C8H12N2. The number of hydrogen-bond donors (Lipinski definition) is 1. The maximum Gasteiger partial charge on any atom is 0.0345 e.